The van der Waals surface area contributed by atoms with Gasteiger partial charge in [-0.2, -0.15) is 0 Å². The fourth-order valence-electron chi connectivity index (χ4n) is 7.49. The van der Waals surface area contributed by atoms with Crippen molar-refractivity contribution < 1.29 is 53.7 Å². The fraction of sp³-hybridized carbons (Fsp3) is 0.333. The summed E-state index contributed by atoms with van der Waals surface area (Å²) in [6, 6.07) is 15.8. The lowest BCUT2D eigenvalue weighted by Crippen LogP contribution is -2.57. The number of nitrogens with one attached hydrogen (secondary N) is 5. The van der Waals surface area contributed by atoms with Crippen LogP contribution in [0.4, 0.5) is 0 Å². The van der Waals surface area contributed by atoms with E-state index >= 15 is 0 Å². The van der Waals surface area contributed by atoms with E-state index < -0.39 is 90.0 Å². The first-order chi connectivity index (χ1) is 32.3. The average molecular weight is 955 g/mol. The molecule has 4 aromatic rings. The molecule has 19 nitrogen and oxygen atoms in total. The minimum atomic E-state index is -1.68. The third-order valence-electron chi connectivity index (χ3n) is 11.4. The first kappa shape index (κ1) is 51.6. The zero-order valence-electron chi connectivity index (χ0n) is 37.6. The van der Waals surface area contributed by atoms with Crippen molar-refractivity contribution in [2.45, 2.75) is 88.7 Å². The van der Waals surface area contributed by atoms with Gasteiger partial charge in [0, 0.05) is 48.0 Å². The number of carboxylic acids is 1. The summed E-state index contributed by atoms with van der Waals surface area (Å²) >= 11 is 6.04. The third-order valence-corrected chi connectivity index (χ3v) is 11.6. The van der Waals surface area contributed by atoms with E-state index in [0.29, 0.717) is 30.0 Å². The Morgan fingerprint density at radius 1 is 0.809 bits per heavy atom. The Labute approximate surface area is 397 Å². The standard InChI is InChI=1S/C48H55ClN8O11/c1-25(37(58)19-20-40(61)56-42(51)48(67)68)52-45(64)36-23-27-7-17-38(59)33(22-27)34-24-31(14-18-39(34)60)41(46(65)53-26(2)43(62)55-36)57(3)47(66)35(6-4-5-21-50)54-44(63)30-10-8-28(9-11-30)29-12-15-32(49)16-13-29/h7-18,22,24-26,35-36,41-42,59-60H,4-6,19-21,23,50-51H2,1-3H3,(H,52,64)(H,53,65)(H,54,63)(H,55,62)(H,56,61)(H,67,68)/t25-,26-,35-,36-,41-,42+/m0/s1. The number of aromatic hydroxyl groups is 2. The Hall–Kier alpha value is -7.35. The number of hydrogen-bond acceptors (Lipinski definition) is 12. The molecule has 0 saturated heterocycles. The molecule has 0 unspecified atom stereocenters. The van der Waals surface area contributed by atoms with Crippen LogP contribution >= 0.6 is 11.6 Å². The summed E-state index contributed by atoms with van der Waals surface area (Å²) in [5, 5.41) is 44.4. The van der Waals surface area contributed by atoms with Gasteiger partial charge in [-0.05, 0) is 110 Å². The predicted molar refractivity (Wildman–Crippen MR) is 251 cm³/mol. The lowest BCUT2D eigenvalue weighted by molar-refractivity contribution is -0.141. The molecule has 0 saturated carbocycles. The van der Waals surface area contributed by atoms with Gasteiger partial charge in [-0.25, -0.2) is 4.79 Å². The highest BCUT2D eigenvalue weighted by atomic mass is 35.5. The van der Waals surface area contributed by atoms with Crippen LogP contribution in [0, 0.1) is 0 Å². The third kappa shape index (κ3) is 13.4. The number of likely N-dealkylation sites (N-methyl/N-ethyl adjacent to an activating group) is 1. The van der Waals surface area contributed by atoms with Crippen molar-refractivity contribution >= 4 is 58.8 Å². The topological polar surface area (TPSA) is 313 Å². The minimum Gasteiger partial charge on any atom is -0.507 e. The van der Waals surface area contributed by atoms with Crippen molar-refractivity contribution in [3.63, 3.8) is 0 Å². The van der Waals surface area contributed by atoms with Gasteiger partial charge in [0.2, 0.25) is 29.5 Å². The molecule has 6 atom stereocenters. The summed E-state index contributed by atoms with van der Waals surface area (Å²) in [5.41, 5.74) is 13.7. The zero-order chi connectivity index (χ0) is 49.8. The smallest absolute Gasteiger partial charge is 0.341 e. The maximum absolute atomic E-state index is 14.6. The molecule has 4 aromatic carbocycles. The van der Waals surface area contributed by atoms with Crippen molar-refractivity contribution in [3.05, 3.63) is 107 Å². The van der Waals surface area contributed by atoms with E-state index in [0.717, 1.165) is 16.0 Å². The molecule has 0 spiro atoms. The first-order valence-electron chi connectivity index (χ1n) is 21.8. The summed E-state index contributed by atoms with van der Waals surface area (Å²) in [7, 11) is 1.36. The second-order valence-electron chi connectivity index (χ2n) is 16.5. The molecular formula is C48H55ClN8O11. The van der Waals surface area contributed by atoms with E-state index in [-0.39, 0.29) is 53.0 Å². The largest absolute Gasteiger partial charge is 0.507 e. The lowest BCUT2D eigenvalue weighted by Gasteiger charge is -2.32. The van der Waals surface area contributed by atoms with Gasteiger partial charge in [-0.15, -0.1) is 0 Å². The van der Waals surface area contributed by atoms with Crippen LogP contribution in [0.1, 0.15) is 73.5 Å². The highest BCUT2D eigenvalue weighted by molar-refractivity contribution is 6.30. The fourth-order valence-corrected chi connectivity index (χ4v) is 7.62. The molecule has 0 radical (unpaired) electrons. The molecule has 6 amide bonds. The number of carbonyl (C=O) groups excluding carboxylic acids is 7. The van der Waals surface area contributed by atoms with Crippen LogP contribution in [0.5, 0.6) is 11.5 Å². The van der Waals surface area contributed by atoms with E-state index in [1.807, 2.05) is 17.4 Å². The van der Waals surface area contributed by atoms with E-state index in [4.69, 9.17) is 28.2 Å². The van der Waals surface area contributed by atoms with Gasteiger partial charge in [0.15, 0.2) is 11.9 Å². The van der Waals surface area contributed by atoms with Crippen molar-refractivity contribution in [2.24, 2.45) is 11.5 Å². The second-order valence-corrected chi connectivity index (χ2v) is 16.9. The number of amides is 6. The van der Waals surface area contributed by atoms with E-state index in [2.05, 4.69) is 21.3 Å². The highest BCUT2D eigenvalue weighted by Gasteiger charge is 2.36. The molecule has 1 aliphatic heterocycles. The van der Waals surface area contributed by atoms with Crippen LogP contribution in [-0.2, 0) is 40.0 Å². The number of carbonyl (C=O) groups is 8. The molecule has 5 rings (SSSR count). The number of halogens is 1. The molecule has 0 aliphatic carbocycles. The van der Waals surface area contributed by atoms with Gasteiger partial charge < -0.3 is 58.3 Å². The van der Waals surface area contributed by atoms with Gasteiger partial charge >= 0.3 is 5.97 Å². The maximum atomic E-state index is 14.6. The van der Waals surface area contributed by atoms with Gasteiger partial charge in [0.1, 0.15) is 35.7 Å². The summed E-state index contributed by atoms with van der Waals surface area (Å²) in [5.74, 6) is -7.22. The number of aliphatic carboxylic acids is 1. The Bertz CT molecular complexity index is 2540. The number of nitrogens with two attached hydrogens (primary N) is 2. The molecule has 4 bridgehead atoms. The van der Waals surface area contributed by atoms with Crippen LogP contribution in [0.15, 0.2) is 84.9 Å². The monoisotopic (exact) mass is 954 g/mol. The number of benzene rings is 4. The lowest BCUT2D eigenvalue weighted by atomic mass is 9.93. The van der Waals surface area contributed by atoms with Crippen LogP contribution in [0.25, 0.3) is 22.3 Å². The normalized spacial score (nSPS) is 17.2. The van der Waals surface area contributed by atoms with Gasteiger partial charge in [0.05, 0.1) is 6.04 Å². The predicted octanol–water partition coefficient (Wildman–Crippen LogP) is 2.40. The van der Waals surface area contributed by atoms with Gasteiger partial charge in [-0.3, -0.25) is 33.6 Å². The van der Waals surface area contributed by atoms with Gasteiger partial charge in [-0.1, -0.05) is 48.0 Å². The molecule has 20 heteroatoms. The van der Waals surface area contributed by atoms with Crippen molar-refractivity contribution in [1.82, 2.24) is 31.5 Å². The second kappa shape index (κ2) is 23.4. The molecule has 68 heavy (non-hydrogen) atoms. The van der Waals surface area contributed by atoms with Crippen molar-refractivity contribution in [1.29, 1.82) is 0 Å². The van der Waals surface area contributed by atoms with Gasteiger partial charge in [0.25, 0.3) is 5.91 Å². The number of nitrogens with zero attached hydrogens (tertiary/aromatic N) is 1. The number of phenols is 2. The Morgan fingerprint density at radius 2 is 1.43 bits per heavy atom. The molecule has 360 valence electrons. The van der Waals surface area contributed by atoms with E-state index in [1.165, 1.54) is 57.3 Å². The summed E-state index contributed by atoms with van der Waals surface area (Å²) < 4.78 is 0. The SMILES string of the molecule is C[C@H](NC(=O)[C@@H]1Cc2ccc(O)c(c2)-c2cc(ccc2O)[C@H](N(C)C(=O)[C@H](CCCCN)NC(=O)c2ccc(-c3ccc(Cl)cc3)cc2)C(=O)N[C@@H](C)C(=O)N1)C(=O)CCC(=O)N[C@@H](N)C(=O)O. The highest BCUT2D eigenvalue weighted by Crippen LogP contribution is 2.39. The first-order valence-corrected chi connectivity index (χ1v) is 22.2. The molecular weight excluding hydrogens is 900 g/mol. The average Bonchev–Trinajstić information content (AvgIpc) is 3.30. The van der Waals surface area contributed by atoms with Crippen LogP contribution in [0.3, 0.4) is 0 Å². The summed E-state index contributed by atoms with van der Waals surface area (Å²) in [6.07, 6.45) is -1.58. The minimum absolute atomic E-state index is 0.0538. The zero-order valence-corrected chi connectivity index (χ0v) is 38.3. The number of carboxylic acid groups (broad SMARTS) is 1. The quantitative estimate of drug-likeness (QED) is 0.0538. The number of phenolic OH excluding ortho intramolecular Hbond substituents is 2. The Kier molecular flexibility index (Phi) is 17.8. The molecule has 12 N–H and O–H groups in total. The van der Waals surface area contributed by atoms with Crippen LogP contribution in [0.2, 0.25) is 5.02 Å². The number of Topliss-reactive ketones (excluding diaryl/α,β-unsaturated/α-hetero) is 1. The summed E-state index contributed by atoms with van der Waals surface area (Å²) in [6.45, 7) is 3.03. The Balaban J connectivity index is 1.43. The van der Waals surface area contributed by atoms with Crippen molar-refractivity contribution in [2.75, 3.05) is 13.6 Å². The number of rotatable bonds is 17. The van der Waals surface area contributed by atoms with E-state index in [1.54, 1.807) is 36.4 Å². The maximum Gasteiger partial charge on any atom is 0.341 e. The van der Waals surface area contributed by atoms with Crippen molar-refractivity contribution in [3.8, 4) is 33.8 Å². The Morgan fingerprint density at radius 3 is 2.06 bits per heavy atom. The van der Waals surface area contributed by atoms with E-state index in [9.17, 15) is 48.6 Å². The molecule has 1 aliphatic rings. The van der Waals surface area contributed by atoms with Crippen LogP contribution < -0.4 is 38.1 Å². The number of hydrogen-bond donors (Lipinski definition) is 10. The van der Waals surface area contributed by atoms with Crippen LogP contribution in [-0.4, -0.2) is 111 Å². The number of ketones is 1. The molecule has 0 aromatic heterocycles. The summed E-state index contributed by atoms with van der Waals surface area (Å²) in [4.78, 5) is 108. The number of unbranched alkanes of at least 4 members (excludes halogenated alkanes) is 1. The molecule has 0 fully saturated rings. The number of fused-ring (bicyclic) bond motifs is 5. The molecule has 1 heterocycles.